The summed E-state index contributed by atoms with van der Waals surface area (Å²) in [6, 6.07) is 12.8. The predicted molar refractivity (Wildman–Crippen MR) is 126 cm³/mol. The van der Waals surface area contributed by atoms with Crippen LogP contribution in [0, 0.1) is 11.6 Å². The van der Waals surface area contributed by atoms with Crippen LogP contribution in [0.2, 0.25) is 5.02 Å². The van der Waals surface area contributed by atoms with Gasteiger partial charge >= 0.3 is 0 Å². The van der Waals surface area contributed by atoms with Crippen LogP contribution >= 0.6 is 11.6 Å². The molecule has 35 heavy (non-hydrogen) atoms. The molecule has 1 heterocycles. The first kappa shape index (κ1) is 24.5. The molecule has 3 aromatic carbocycles. The summed E-state index contributed by atoms with van der Waals surface area (Å²) in [5.41, 5.74) is 6.64. The van der Waals surface area contributed by atoms with E-state index in [4.69, 9.17) is 17.3 Å². The van der Waals surface area contributed by atoms with E-state index in [9.17, 15) is 22.0 Å². The van der Waals surface area contributed by atoms with Crippen LogP contribution in [0.5, 0.6) is 0 Å². The zero-order valence-corrected chi connectivity index (χ0v) is 19.6. The van der Waals surface area contributed by atoms with Gasteiger partial charge in [0.05, 0.1) is 11.2 Å². The average molecular weight is 517 g/mol. The molecule has 0 radical (unpaired) electrons. The second-order valence-corrected chi connectivity index (χ2v) is 9.98. The van der Waals surface area contributed by atoms with Gasteiger partial charge in [0.2, 0.25) is 15.9 Å². The van der Waals surface area contributed by atoms with E-state index in [-0.39, 0.29) is 17.0 Å². The zero-order chi connectivity index (χ0) is 25.2. The number of hydrogen-bond donors (Lipinski definition) is 1. The van der Waals surface area contributed by atoms with Crippen molar-refractivity contribution in [2.24, 2.45) is 5.73 Å². The van der Waals surface area contributed by atoms with Crippen LogP contribution in [-0.4, -0.2) is 28.2 Å². The number of amides is 1. The Labute approximate surface area is 205 Å². The van der Waals surface area contributed by atoms with Crippen molar-refractivity contribution < 1.29 is 22.0 Å². The van der Waals surface area contributed by atoms with Crippen LogP contribution in [0.25, 0.3) is 5.69 Å². The molecule has 0 spiro atoms. The third-order valence-electron chi connectivity index (χ3n) is 5.26. The maximum absolute atomic E-state index is 14.0. The van der Waals surface area contributed by atoms with E-state index >= 15 is 0 Å². The summed E-state index contributed by atoms with van der Waals surface area (Å²) in [5.74, 6) is -3.04. The molecule has 1 aromatic heterocycles. The summed E-state index contributed by atoms with van der Waals surface area (Å²) < 4.78 is 57.9. The van der Waals surface area contributed by atoms with Gasteiger partial charge in [-0.2, -0.15) is 4.31 Å². The minimum absolute atomic E-state index is 0.167. The van der Waals surface area contributed by atoms with Gasteiger partial charge in [0.1, 0.15) is 17.7 Å². The van der Waals surface area contributed by atoms with Crippen molar-refractivity contribution in [1.82, 2.24) is 13.9 Å². The molecule has 0 saturated heterocycles. The lowest BCUT2D eigenvalue weighted by Crippen LogP contribution is -2.41. The van der Waals surface area contributed by atoms with E-state index in [1.54, 1.807) is 47.6 Å². The summed E-state index contributed by atoms with van der Waals surface area (Å²) in [7, 11) is -4.37. The van der Waals surface area contributed by atoms with Crippen molar-refractivity contribution in [3.8, 4) is 5.69 Å². The molecule has 7 nitrogen and oxygen atoms in total. The Kier molecular flexibility index (Phi) is 6.97. The number of sulfonamides is 1. The molecule has 0 aliphatic carbocycles. The van der Waals surface area contributed by atoms with Crippen molar-refractivity contribution in [2.45, 2.75) is 17.5 Å². The number of rotatable bonds is 8. The molecular formula is C24H19ClF2N4O3S. The van der Waals surface area contributed by atoms with Crippen LogP contribution in [0.4, 0.5) is 8.78 Å². The molecule has 0 bridgehead atoms. The Morgan fingerprint density at radius 3 is 2.20 bits per heavy atom. The summed E-state index contributed by atoms with van der Waals surface area (Å²) in [6.45, 7) is -0.305. The van der Waals surface area contributed by atoms with Gasteiger partial charge in [-0.15, -0.1) is 0 Å². The van der Waals surface area contributed by atoms with Crippen molar-refractivity contribution in [3.63, 3.8) is 0 Å². The number of carbonyl (C=O) groups is 1. The Bertz CT molecular complexity index is 1430. The fourth-order valence-corrected chi connectivity index (χ4v) is 5.33. The first-order chi connectivity index (χ1) is 16.6. The second-order valence-electron chi connectivity index (χ2n) is 7.65. The van der Waals surface area contributed by atoms with E-state index in [0.717, 1.165) is 22.1 Å². The lowest BCUT2D eigenvalue weighted by Gasteiger charge is -2.29. The van der Waals surface area contributed by atoms with E-state index < -0.39 is 33.6 Å². The Hall–Kier alpha value is -3.60. The van der Waals surface area contributed by atoms with E-state index in [2.05, 4.69) is 4.98 Å². The van der Waals surface area contributed by atoms with Crippen LogP contribution < -0.4 is 5.73 Å². The summed E-state index contributed by atoms with van der Waals surface area (Å²) in [4.78, 5) is 16.4. The van der Waals surface area contributed by atoms with Crippen LogP contribution in [0.15, 0.2) is 90.3 Å². The smallest absolute Gasteiger partial charge is 0.244 e. The molecule has 0 aliphatic rings. The number of nitrogens with zero attached hydrogens (tertiary/aromatic N) is 3. The molecule has 11 heteroatoms. The van der Waals surface area contributed by atoms with Gasteiger partial charge < -0.3 is 10.3 Å². The highest BCUT2D eigenvalue weighted by Crippen LogP contribution is 2.31. The van der Waals surface area contributed by atoms with E-state index in [0.29, 0.717) is 16.7 Å². The molecule has 0 fully saturated rings. The van der Waals surface area contributed by atoms with Gasteiger partial charge in [-0.1, -0.05) is 23.7 Å². The lowest BCUT2D eigenvalue weighted by molar-refractivity contribution is -0.122. The van der Waals surface area contributed by atoms with Crippen LogP contribution in [0.3, 0.4) is 0 Å². The summed E-state index contributed by atoms with van der Waals surface area (Å²) in [6.07, 6.45) is 4.96. The van der Waals surface area contributed by atoms with Crippen LogP contribution in [0.1, 0.15) is 17.2 Å². The van der Waals surface area contributed by atoms with Gasteiger partial charge in [0.25, 0.3) is 0 Å². The molecule has 2 N–H and O–H groups in total. The van der Waals surface area contributed by atoms with Crippen molar-refractivity contribution in [3.05, 3.63) is 113 Å². The summed E-state index contributed by atoms with van der Waals surface area (Å²) in [5, 5.41) is 0.309. The molecule has 0 saturated carbocycles. The fourth-order valence-electron chi connectivity index (χ4n) is 3.63. The van der Waals surface area contributed by atoms with Gasteiger partial charge in [0.15, 0.2) is 0 Å². The molecular weight excluding hydrogens is 498 g/mol. The quantitative estimate of drug-likeness (QED) is 0.379. The number of imidazole rings is 1. The molecule has 1 amide bonds. The lowest BCUT2D eigenvalue weighted by atomic mass is 10.1. The standard InChI is InChI=1S/C24H19ClF2N4O3S/c25-18-3-7-22(8-4-18)35(33,34)31(23(24(28)32)17-11-19(26)13-20(27)12-17)14-16-1-5-21(6-2-16)30-10-9-29-15-30/h1-13,15,23H,14H2,(H2,28,32). The van der Waals surface area contributed by atoms with Crippen molar-refractivity contribution in [1.29, 1.82) is 0 Å². The molecule has 1 atom stereocenters. The number of halogens is 3. The van der Waals surface area contributed by atoms with E-state index in [1.165, 1.54) is 24.3 Å². The van der Waals surface area contributed by atoms with Gasteiger partial charge in [-0.25, -0.2) is 22.2 Å². The number of aromatic nitrogens is 2. The normalized spacial score (nSPS) is 12.6. The third kappa shape index (κ3) is 5.40. The average Bonchev–Trinajstić information content (AvgIpc) is 3.33. The maximum Gasteiger partial charge on any atom is 0.244 e. The number of carbonyl (C=O) groups excluding carboxylic acids is 1. The van der Waals surface area contributed by atoms with Crippen molar-refractivity contribution >= 4 is 27.5 Å². The number of primary amides is 1. The molecule has 4 aromatic rings. The predicted octanol–water partition coefficient (Wildman–Crippen LogP) is 4.22. The zero-order valence-electron chi connectivity index (χ0n) is 18.1. The van der Waals surface area contributed by atoms with E-state index in [1.807, 2.05) is 0 Å². The maximum atomic E-state index is 14.0. The SMILES string of the molecule is NC(=O)C(c1cc(F)cc(F)c1)N(Cc1ccc(-n2ccnc2)cc1)S(=O)(=O)c1ccc(Cl)cc1. The van der Waals surface area contributed by atoms with Gasteiger partial charge in [-0.05, 0) is 59.7 Å². The largest absolute Gasteiger partial charge is 0.368 e. The Morgan fingerprint density at radius 1 is 1.03 bits per heavy atom. The molecule has 1 unspecified atom stereocenters. The first-order valence-electron chi connectivity index (χ1n) is 10.2. The highest BCUT2D eigenvalue weighted by Gasteiger charge is 2.36. The molecule has 180 valence electrons. The second kappa shape index (κ2) is 9.95. The highest BCUT2D eigenvalue weighted by atomic mass is 35.5. The monoisotopic (exact) mass is 516 g/mol. The Morgan fingerprint density at radius 2 is 1.66 bits per heavy atom. The Balaban J connectivity index is 1.80. The third-order valence-corrected chi connectivity index (χ3v) is 7.33. The number of hydrogen-bond acceptors (Lipinski definition) is 4. The topological polar surface area (TPSA) is 98.3 Å². The van der Waals surface area contributed by atoms with Gasteiger partial charge in [-0.3, -0.25) is 4.79 Å². The first-order valence-corrected chi connectivity index (χ1v) is 12.1. The molecule has 0 aliphatic heterocycles. The van der Waals surface area contributed by atoms with Crippen LogP contribution in [-0.2, 0) is 21.4 Å². The van der Waals surface area contributed by atoms with Gasteiger partial charge in [0, 0.05) is 35.7 Å². The highest BCUT2D eigenvalue weighted by molar-refractivity contribution is 7.89. The summed E-state index contributed by atoms with van der Waals surface area (Å²) >= 11 is 5.90. The number of benzene rings is 3. The molecule has 4 rings (SSSR count). The minimum atomic E-state index is -4.37. The fraction of sp³-hybridized carbons (Fsp3) is 0.0833. The number of nitrogens with two attached hydrogens (primary N) is 1. The van der Waals surface area contributed by atoms with Crippen molar-refractivity contribution in [2.75, 3.05) is 0 Å². The minimum Gasteiger partial charge on any atom is -0.368 e.